The van der Waals surface area contributed by atoms with Gasteiger partial charge in [0.05, 0.1) is 5.02 Å². The molecule has 1 aromatic rings. The summed E-state index contributed by atoms with van der Waals surface area (Å²) in [6.07, 6.45) is 2.09. The minimum atomic E-state index is -0.224. The van der Waals surface area contributed by atoms with E-state index in [-0.39, 0.29) is 11.9 Å². The molecule has 0 aromatic heterocycles. The van der Waals surface area contributed by atoms with E-state index in [1.165, 1.54) is 6.07 Å². The molecule has 1 heterocycles. The fourth-order valence-electron chi connectivity index (χ4n) is 1.75. The number of halogens is 3. The molecule has 1 aliphatic rings. The van der Waals surface area contributed by atoms with Crippen molar-refractivity contribution in [2.45, 2.75) is 18.9 Å². The van der Waals surface area contributed by atoms with Gasteiger partial charge in [0.15, 0.2) is 0 Å². The molecule has 4 heteroatoms. The summed E-state index contributed by atoms with van der Waals surface area (Å²) in [5, 5.41) is 3.68. The van der Waals surface area contributed by atoms with Gasteiger partial charge >= 0.3 is 0 Å². The largest absolute Gasteiger partial charge is 0.310 e. The first-order chi connectivity index (χ1) is 6.68. The molecule has 0 bridgehead atoms. The molecule has 1 aliphatic heterocycles. The summed E-state index contributed by atoms with van der Waals surface area (Å²) in [7, 11) is 0. The fourth-order valence-corrected chi connectivity index (χ4v) is 2.27. The lowest BCUT2D eigenvalue weighted by atomic mass is 10.1. The second-order valence-electron chi connectivity index (χ2n) is 3.44. The zero-order valence-corrected chi connectivity index (χ0v) is 9.83. The third kappa shape index (κ3) is 1.95. The van der Waals surface area contributed by atoms with Crippen molar-refractivity contribution in [2.75, 3.05) is 6.54 Å². The molecular weight excluding hydrogens is 268 g/mol. The molecular formula is C10H10BrClFN. The Morgan fingerprint density at radius 3 is 2.93 bits per heavy atom. The first-order valence-electron chi connectivity index (χ1n) is 4.56. The molecule has 1 fully saturated rings. The molecule has 1 nitrogen and oxygen atoms in total. The van der Waals surface area contributed by atoms with Gasteiger partial charge in [-0.2, -0.15) is 0 Å². The van der Waals surface area contributed by atoms with Crippen LogP contribution in [0.5, 0.6) is 0 Å². The summed E-state index contributed by atoms with van der Waals surface area (Å²) in [4.78, 5) is 0. The quantitative estimate of drug-likeness (QED) is 0.773. The lowest BCUT2D eigenvalue weighted by Gasteiger charge is -2.12. The molecule has 0 amide bonds. The van der Waals surface area contributed by atoms with E-state index in [2.05, 4.69) is 21.2 Å². The Morgan fingerprint density at radius 1 is 1.50 bits per heavy atom. The van der Waals surface area contributed by atoms with Gasteiger partial charge in [-0.25, -0.2) is 4.39 Å². The smallest absolute Gasteiger partial charge is 0.129 e. The lowest BCUT2D eigenvalue weighted by Crippen LogP contribution is -2.14. The first kappa shape index (κ1) is 10.4. The molecule has 2 rings (SSSR count). The van der Waals surface area contributed by atoms with Gasteiger partial charge in [-0.05, 0) is 47.4 Å². The van der Waals surface area contributed by atoms with Crippen LogP contribution in [-0.2, 0) is 0 Å². The van der Waals surface area contributed by atoms with Crippen molar-refractivity contribution in [3.8, 4) is 0 Å². The van der Waals surface area contributed by atoms with Crippen molar-refractivity contribution in [3.63, 3.8) is 0 Å². The van der Waals surface area contributed by atoms with E-state index < -0.39 is 0 Å². The maximum Gasteiger partial charge on any atom is 0.129 e. The van der Waals surface area contributed by atoms with Gasteiger partial charge in [0.2, 0.25) is 0 Å². The van der Waals surface area contributed by atoms with E-state index in [4.69, 9.17) is 11.6 Å². The average molecular weight is 279 g/mol. The van der Waals surface area contributed by atoms with Crippen molar-refractivity contribution >= 4 is 27.5 Å². The molecule has 0 radical (unpaired) electrons. The van der Waals surface area contributed by atoms with Crippen LogP contribution in [0.3, 0.4) is 0 Å². The predicted octanol–water partition coefficient (Wildman–Crippen LogP) is 3.67. The SMILES string of the molecule is Fc1cc(Cl)c(Br)cc1[C@@H]1CCCN1. The van der Waals surface area contributed by atoms with Crippen molar-refractivity contribution < 1.29 is 4.39 Å². The van der Waals surface area contributed by atoms with Crippen LogP contribution >= 0.6 is 27.5 Å². The zero-order chi connectivity index (χ0) is 10.1. The van der Waals surface area contributed by atoms with Gasteiger partial charge in [-0.3, -0.25) is 0 Å². The summed E-state index contributed by atoms with van der Waals surface area (Å²) in [5.41, 5.74) is 0.707. The normalized spacial score (nSPS) is 21.5. The van der Waals surface area contributed by atoms with Crippen molar-refractivity contribution in [3.05, 3.63) is 33.0 Å². The van der Waals surface area contributed by atoms with Gasteiger partial charge in [-0.15, -0.1) is 0 Å². The minimum absolute atomic E-state index is 0.142. The third-order valence-electron chi connectivity index (χ3n) is 2.48. The summed E-state index contributed by atoms with van der Waals surface area (Å²) >= 11 is 9.09. The molecule has 0 saturated carbocycles. The molecule has 1 aromatic carbocycles. The second kappa shape index (κ2) is 4.17. The molecule has 14 heavy (non-hydrogen) atoms. The Bertz CT molecular complexity index is 350. The van der Waals surface area contributed by atoms with Crippen LogP contribution in [0, 0.1) is 5.82 Å². The molecule has 0 aliphatic carbocycles. The molecule has 1 atom stereocenters. The van der Waals surface area contributed by atoms with Crippen LogP contribution in [0.15, 0.2) is 16.6 Å². The maximum absolute atomic E-state index is 13.5. The number of hydrogen-bond donors (Lipinski definition) is 1. The van der Waals surface area contributed by atoms with Crippen LogP contribution in [0.25, 0.3) is 0 Å². The van der Waals surface area contributed by atoms with Gasteiger partial charge in [-0.1, -0.05) is 11.6 Å². The number of hydrogen-bond acceptors (Lipinski definition) is 1. The number of nitrogens with one attached hydrogen (secondary N) is 1. The predicted molar refractivity (Wildman–Crippen MR) is 59.1 cm³/mol. The lowest BCUT2D eigenvalue weighted by molar-refractivity contribution is 0.558. The monoisotopic (exact) mass is 277 g/mol. The van der Waals surface area contributed by atoms with E-state index >= 15 is 0 Å². The summed E-state index contributed by atoms with van der Waals surface area (Å²) in [6.45, 7) is 0.963. The number of benzene rings is 1. The topological polar surface area (TPSA) is 12.0 Å². The van der Waals surface area contributed by atoms with Gasteiger partial charge in [0.1, 0.15) is 5.82 Å². The van der Waals surface area contributed by atoms with E-state index in [9.17, 15) is 4.39 Å². The van der Waals surface area contributed by atoms with Crippen LogP contribution in [0.4, 0.5) is 4.39 Å². The highest BCUT2D eigenvalue weighted by Crippen LogP contribution is 2.31. The Kier molecular flexibility index (Phi) is 3.10. The van der Waals surface area contributed by atoms with Crippen molar-refractivity contribution in [1.82, 2.24) is 5.32 Å². The second-order valence-corrected chi connectivity index (χ2v) is 4.70. The van der Waals surface area contributed by atoms with Crippen LogP contribution < -0.4 is 5.32 Å². The van der Waals surface area contributed by atoms with E-state index in [1.807, 2.05) is 0 Å². The van der Waals surface area contributed by atoms with Gasteiger partial charge < -0.3 is 5.32 Å². The van der Waals surface area contributed by atoms with Crippen LogP contribution in [-0.4, -0.2) is 6.54 Å². The van der Waals surface area contributed by atoms with Crippen molar-refractivity contribution in [2.24, 2.45) is 0 Å². The minimum Gasteiger partial charge on any atom is -0.310 e. The molecule has 1 saturated heterocycles. The summed E-state index contributed by atoms with van der Waals surface area (Å²) < 4.78 is 14.3. The highest BCUT2D eigenvalue weighted by Gasteiger charge is 2.20. The highest BCUT2D eigenvalue weighted by atomic mass is 79.9. The van der Waals surface area contributed by atoms with Crippen molar-refractivity contribution in [1.29, 1.82) is 0 Å². The Hall–Kier alpha value is -0.120. The average Bonchev–Trinajstić information content (AvgIpc) is 2.64. The highest BCUT2D eigenvalue weighted by molar-refractivity contribution is 9.10. The molecule has 0 spiro atoms. The number of rotatable bonds is 1. The van der Waals surface area contributed by atoms with E-state index in [0.717, 1.165) is 23.9 Å². The summed E-state index contributed by atoms with van der Waals surface area (Å²) in [6, 6.07) is 3.27. The Labute approximate surface area is 95.8 Å². The molecule has 1 N–H and O–H groups in total. The Morgan fingerprint density at radius 2 is 2.29 bits per heavy atom. The zero-order valence-electron chi connectivity index (χ0n) is 7.49. The van der Waals surface area contributed by atoms with E-state index in [1.54, 1.807) is 6.07 Å². The standard InChI is InChI=1S/C10H10BrClFN/c11-7-4-6(9(13)5-8(7)12)10-2-1-3-14-10/h4-5,10,14H,1-3H2/t10-/m0/s1. The van der Waals surface area contributed by atoms with E-state index in [0.29, 0.717) is 10.6 Å². The van der Waals surface area contributed by atoms with Crippen LogP contribution in [0.2, 0.25) is 5.02 Å². The third-order valence-corrected chi connectivity index (χ3v) is 3.67. The molecule has 0 unspecified atom stereocenters. The maximum atomic E-state index is 13.5. The van der Waals surface area contributed by atoms with Gasteiger partial charge in [0.25, 0.3) is 0 Å². The summed E-state index contributed by atoms with van der Waals surface area (Å²) in [5.74, 6) is -0.224. The molecule has 76 valence electrons. The first-order valence-corrected chi connectivity index (χ1v) is 5.73. The fraction of sp³-hybridized carbons (Fsp3) is 0.400. The van der Waals surface area contributed by atoms with Crippen LogP contribution in [0.1, 0.15) is 24.4 Å². The Balaban J connectivity index is 2.37. The van der Waals surface area contributed by atoms with Gasteiger partial charge in [0, 0.05) is 16.1 Å².